The quantitative estimate of drug-likeness (QED) is 0.571. The first kappa shape index (κ1) is 19.0. The number of hydrogen-bond donors (Lipinski definition) is 3. The van der Waals surface area contributed by atoms with Gasteiger partial charge in [0.1, 0.15) is 24.2 Å². The molecule has 1 aromatic heterocycles. The van der Waals surface area contributed by atoms with Crippen LogP contribution in [-0.4, -0.2) is 46.7 Å². The number of likely N-dealkylation sites (N-methyl/N-ethyl adjacent to an activating group) is 1. The van der Waals surface area contributed by atoms with Crippen LogP contribution in [0.4, 0.5) is 5.69 Å². The van der Waals surface area contributed by atoms with E-state index in [1.807, 2.05) is 36.4 Å². The van der Waals surface area contributed by atoms with E-state index in [1.165, 1.54) is 4.90 Å². The number of fused-ring (bicyclic) bond motifs is 1. The number of nitrogens with one attached hydrogen (secondary N) is 2. The average molecular weight is 409 g/mol. The first-order valence-corrected chi connectivity index (χ1v) is 9.45. The Morgan fingerprint density at radius 3 is 2.83 bits per heavy atom. The molecule has 0 spiro atoms. The Hall–Kier alpha value is -3.33. The van der Waals surface area contributed by atoms with Crippen LogP contribution in [-0.2, 0) is 11.2 Å². The molecule has 148 valence electrons. The number of hydrogen-bond acceptors (Lipinski definition) is 6. The lowest BCUT2D eigenvalue weighted by Crippen LogP contribution is -2.49. The summed E-state index contributed by atoms with van der Waals surface area (Å²) in [7, 11) is 1.65. The Morgan fingerprint density at radius 2 is 2.03 bits per heavy atom. The van der Waals surface area contributed by atoms with Crippen molar-refractivity contribution < 1.29 is 14.3 Å². The van der Waals surface area contributed by atoms with E-state index >= 15 is 0 Å². The lowest BCUT2D eigenvalue weighted by Gasteiger charge is -2.19. The minimum atomic E-state index is -0.843. The van der Waals surface area contributed by atoms with E-state index in [4.69, 9.17) is 4.74 Å². The Bertz CT molecular complexity index is 1050. The molecule has 2 amide bonds. The zero-order valence-electron chi connectivity index (χ0n) is 15.6. The van der Waals surface area contributed by atoms with E-state index in [-0.39, 0.29) is 18.3 Å². The monoisotopic (exact) mass is 409 g/mol. The molecule has 0 saturated heterocycles. The number of carbonyl (C=O) groups excluding carboxylic acids is 2. The lowest BCUT2D eigenvalue weighted by atomic mass is 10.1. The number of H-pyrrole nitrogens is 1. The number of amides is 2. The van der Waals surface area contributed by atoms with Crippen LogP contribution >= 0.6 is 12.6 Å². The molecule has 0 fully saturated rings. The van der Waals surface area contributed by atoms with Crippen molar-refractivity contribution in [1.82, 2.24) is 20.5 Å². The Labute approximate surface area is 172 Å². The minimum absolute atomic E-state index is 0.0250. The average Bonchev–Trinajstić information content (AvgIpc) is 3.16. The van der Waals surface area contributed by atoms with Gasteiger partial charge in [-0.1, -0.05) is 24.3 Å². The first-order valence-electron chi connectivity index (χ1n) is 9.00. The molecule has 2 heterocycles. The molecule has 9 heteroatoms. The molecule has 1 aliphatic heterocycles. The zero-order valence-corrected chi connectivity index (χ0v) is 16.5. The highest BCUT2D eigenvalue weighted by atomic mass is 32.1. The minimum Gasteiger partial charge on any atom is -0.489 e. The summed E-state index contributed by atoms with van der Waals surface area (Å²) in [5.74, 6) is 0.302. The van der Waals surface area contributed by atoms with E-state index in [0.717, 1.165) is 10.5 Å². The fourth-order valence-corrected chi connectivity index (χ4v) is 3.21. The number of rotatable bonds is 4. The fraction of sp³-hybridized carbons (Fsp3) is 0.200. The van der Waals surface area contributed by atoms with Gasteiger partial charge in [-0.2, -0.15) is 0 Å². The van der Waals surface area contributed by atoms with E-state index in [9.17, 15) is 9.59 Å². The second-order valence-electron chi connectivity index (χ2n) is 6.65. The van der Waals surface area contributed by atoms with Gasteiger partial charge in [0, 0.05) is 18.4 Å². The van der Waals surface area contributed by atoms with Gasteiger partial charge >= 0.3 is 0 Å². The summed E-state index contributed by atoms with van der Waals surface area (Å²) >= 11 is 4.26. The van der Waals surface area contributed by atoms with Gasteiger partial charge in [0.2, 0.25) is 5.82 Å². The third kappa shape index (κ3) is 4.09. The van der Waals surface area contributed by atoms with Gasteiger partial charge < -0.3 is 15.0 Å². The number of thiol groups is 1. The van der Waals surface area contributed by atoms with Gasteiger partial charge in [0.15, 0.2) is 0 Å². The highest BCUT2D eigenvalue weighted by Crippen LogP contribution is 2.29. The molecule has 0 radical (unpaired) electrons. The van der Waals surface area contributed by atoms with Crippen LogP contribution in [0.15, 0.2) is 53.4 Å². The zero-order chi connectivity index (χ0) is 20.4. The molecule has 0 aliphatic carbocycles. The molecule has 29 heavy (non-hydrogen) atoms. The van der Waals surface area contributed by atoms with Gasteiger partial charge in [-0.15, -0.1) is 17.7 Å². The molecule has 1 aliphatic rings. The first-order chi connectivity index (χ1) is 14.0. The van der Waals surface area contributed by atoms with Crippen LogP contribution in [0.2, 0.25) is 0 Å². The Morgan fingerprint density at radius 1 is 1.28 bits per heavy atom. The third-order valence-corrected chi connectivity index (χ3v) is 4.91. The van der Waals surface area contributed by atoms with Gasteiger partial charge in [0.25, 0.3) is 11.8 Å². The van der Waals surface area contributed by atoms with Crippen molar-refractivity contribution in [3.63, 3.8) is 0 Å². The highest BCUT2D eigenvalue weighted by Gasteiger charge is 2.31. The second kappa shape index (κ2) is 7.96. The topological polar surface area (TPSA) is 100 Å². The van der Waals surface area contributed by atoms with Crippen molar-refractivity contribution in [1.29, 1.82) is 0 Å². The van der Waals surface area contributed by atoms with Crippen LogP contribution in [0.5, 0.6) is 5.75 Å². The number of nitrogens with zero attached hydrogens (tertiary/aromatic N) is 3. The standard InChI is InChI=1S/C20H19N5O3S/c1-25-15-4-2-3-5-16(15)28-11-14(20(25)27)21-19(26)18-22-17(23-24-18)10-12-6-8-13(29)9-7-12/h2-9,14,29H,10-11H2,1H3,(H,21,26)(H,22,23,24)/t14-/m0/s1. The molecule has 2 aromatic carbocycles. The molecule has 3 aromatic rings. The van der Waals surface area contributed by atoms with Crippen LogP contribution in [0.25, 0.3) is 0 Å². The number of aromatic amines is 1. The van der Waals surface area contributed by atoms with Crippen molar-refractivity contribution >= 4 is 30.1 Å². The summed E-state index contributed by atoms with van der Waals surface area (Å²) in [6, 6.07) is 14.0. The van der Waals surface area contributed by atoms with Crippen molar-refractivity contribution in [3.8, 4) is 5.75 Å². The lowest BCUT2D eigenvalue weighted by molar-refractivity contribution is -0.120. The molecule has 0 bridgehead atoms. The number of ether oxygens (including phenoxy) is 1. The molecule has 0 saturated carbocycles. The van der Waals surface area contributed by atoms with Crippen LogP contribution in [0.1, 0.15) is 22.0 Å². The number of para-hydroxylation sites is 2. The second-order valence-corrected chi connectivity index (χ2v) is 7.17. The summed E-state index contributed by atoms with van der Waals surface area (Å²) in [5.41, 5.74) is 1.67. The van der Waals surface area contributed by atoms with Crippen molar-refractivity contribution in [2.45, 2.75) is 17.4 Å². The molecular formula is C20H19N5O3S. The maximum absolute atomic E-state index is 12.7. The van der Waals surface area contributed by atoms with Crippen LogP contribution in [0.3, 0.4) is 0 Å². The largest absolute Gasteiger partial charge is 0.489 e. The Kier molecular flexibility index (Phi) is 5.22. The normalized spacial score (nSPS) is 16.0. The molecule has 8 nitrogen and oxygen atoms in total. The van der Waals surface area contributed by atoms with Gasteiger partial charge in [-0.3, -0.25) is 14.7 Å². The predicted octanol–water partition coefficient (Wildman–Crippen LogP) is 1.84. The van der Waals surface area contributed by atoms with E-state index in [0.29, 0.717) is 23.7 Å². The summed E-state index contributed by atoms with van der Waals surface area (Å²) in [6.45, 7) is 0.0271. The molecule has 2 N–H and O–H groups in total. The summed E-state index contributed by atoms with van der Waals surface area (Å²) in [4.78, 5) is 31.9. The predicted molar refractivity (Wildman–Crippen MR) is 109 cm³/mol. The summed E-state index contributed by atoms with van der Waals surface area (Å²) in [6.07, 6.45) is 0.498. The number of aromatic nitrogens is 3. The third-order valence-electron chi connectivity index (χ3n) is 4.61. The smallest absolute Gasteiger partial charge is 0.291 e. The fourth-order valence-electron chi connectivity index (χ4n) is 3.06. The molecular weight excluding hydrogens is 390 g/mol. The Balaban J connectivity index is 1.44. The van der Waals surface area contributed by atoms with Crippen LogP contribution < -0.4 is 15.0 Å². The van der Waals surface area contributed by atoms with Gasteiger partial charge in [-0.05, 0) is 29.8 Å². The maximum atomic E-state index is 12.7. The number of carbonyl (C=O) groups is 2. The van der Waals surface area contributed by atoms with E-state index in [1.54, 1.807) is 19.2 Å². The molecule has 1 atom stereocenters. The van der Waals surface area contributed by atoms with Crippen molar-refractivity contribution in [2.75, 3.05) is 18.6 Å². The number of anilines is 1. The van der Waals surface area contributed by atoms with Gasteiger partial charge in [-0.25, -0.2) is 4.98 Å². The van der Waals surface area contributed by atoms with Gasteiger partial charge in [0.05, 0.1) is 5.69 Å². The molecule has 0 unspecified atom stereocenters. The van der Waals surface area contributed by atoms with Crippen LogP contribution in [0, 0.1) is 0 Å². The van der Waals surface area contributed by atoms with Crippen molar-refractivity contribution in [3.05, 3.63) is 65.7 Å². The van der Waals surface area contributed by atoms with E-state index in [2.05, 4.69) is 33.1 Å². The van der Waals surface area contributed by atoms with Crippen molar-refractivity contribution in [2.24, 2.45) is 0 Å². The number of benzene rings is 2. The summed E-state index contributed by atoms with van der Waals surface area (Å²) < 4.78 is 5.70. The highest BCUT2D eigenvalue weighted by molar-refractivity contribution is 7.80. The van der Waals surface area contributed by atoms with E-state index < -0.39 is 11.9 Å². The maximum Gasteiger partial charge on any atom is 0.291 e. The molecule has 4 rings (SSSR count). The summed E-state index contributed by atoms with van der Waals surface area (Å²) in [5, 5.41) is 9.40. The SMILES string of the molecule is CN1C(=O)[C@@H](NC(=O)c2n[nH]c(Cc3ccc(S)cc3)n2)COc2ccccc21.